The van der Waals surface area contributed by atoms with E-state index in [1.807, 2.05) is 26.0 Å². The normalized spacial score (nSPS) is 12.0. The van der Waals surface area contributed by atoms with Crippen LogP contribution in [0.15, 0.2) is 36.4 Å². The summed E-state index contributed by atoms with van der Waals surface area (Å²) in [6, 6.07) is 10.5. The average molecular weight is 266 g/mol. The van der Waals surface area contributed by atoms with Crippen LogP contribution in [0.2, 0.25) is 0 Å². The van der Waals surface area contributed by atoms with Gasteiger partial charge in [0.2, 0.25) is 0 Å². The van der Waals surface area contributed by atoms with Crippen LogP contribution in [0.3, 0.4) is 0 Å². The Balaban J connectivity index is 2.47. The molecule has 0 amide bonds. The van der Waals surface area contributed by atoms with Gasteiger partial charge in [-0.15, -0.1) is 0 Å². The molecule has 0 spiro atoms. The van der Waals surface area contributed by atoms with Crippen LogP contribution < -0.4 is 0 Å². The van der Waals surface area contributed by atoms with Crippen molar-refractivity contribution in [1.82, 2.24) is 0 Å². The summed E-state index contributed by atoms with van der Waals surface area (Å²) >= 11 is 0. The first kappa shape index (κ1) is 11.6. The van der Waals surface area contributed by atoms with Gasteiger partial charge in [-0.2, -0.15) is 0 Å². The minimum absolute atomic E-state index is 0.244. The van der Waals surface area contributed by atoms with Gasteiger partial charge in [0.05, 0.1) is 0 Å². The van der Waals surface area contributed by atoms with E-state index in [9.17, 15) is 8.78 Å². The zero-order valence-electron chi connectivity index (χ0n) is 11.2. The Labute approximate surface area is 115 Å². The first-order chi connectivity index (χ1) is 9.58. The summed E-state index contributed by atoms with van der Waals surface area (Å²) in [4.78, 5) is 0. The molecule has 0 aliphatic carbocycles. The molecule has 4 aromatic rings. The van der Waals surface area contributed by atoms with Gasteiger partial charge in [0.1, 0.15) is 11.6 Å². The molecule has 4 aromatic carbocycles. The molecule has 98 valence electrons. The Morgan fingerprint density at radius 1 is 0.600 bits per heavy atom. The van der Waals surface area contributed by atoms with Crippen molar-refractivity contribution < 1.29 is 8.78 Å². The van der Waals surface area contributed by atoms with Crippen LogP contribution in [-0.4, -0.2) is 0 Å². The van der Waals surface area contributed by atoms with Gasteiger partial charge in [0.15, 0.2) is 0 Å². The lowest BCUT2D eigenvalue weighted by Crippen LogP contribution is -1.92. The Kier molecular flexibility index (Phi) is 2.12. The highest BCUT2D eigenvalue weighted by Gasteiger charge is 2.15. The topological polar surface area (TPSA) is 0 Å². The monoisotopic (exact) mass is 266 g/mol. The SMILES string of the molecule is Cc1cc(F)c2ccc3c(F)cc(C)c4ccc1c2c43. The smallest absolute Gasteiger partial charge is 0.131 e. The van der Waals surface area contributed by atoms with E-state index in [1.165, 1.54) is 0 Å². The zero-order valence-corrected chi connectivity index (χ0v) is 11.2. The highest BCUT2D eigenvalue weighted by Crippen LogP contribution is 2.39. The van der Waals surface area contributed by atoms with E-state index < -0.39 is 0 Å². The van der Waals surface area contributed by atoms with Gasteiger partial charge in [0, 0.05) is 21.5 Å². The van der Waals surface area contributed by atoms with E-state index in [-0.39, 0.29) is 11.6 Å². The Hall–Kier alpha value is -2.22. The zero-order chi connectivity index (χ0) is 14.0. The highest BCUT2D eigenvalue weighted by molar-refractivity contribution is 6.24. The van der Waals surface area contributed by atoms with E-state index >= 15 is 0 Å². The molecule has 4 rings (SSSR count). The molecule has 0 bridgehead atoms. The summed E-state index contributed by atoms with van der Waals surface area (Å²) in [6.45, 7) is 3.77. The molecule has 0 aromatic heterocycles. The fourth-order valence-corrected chi connectivity index (χ4v) is 3.24. The van der Waals surface area contributed by atoms with Crippen molar-refractivity contribution in [3.05, 3.63) is 59.2 Å². The van der Waals surface area contributed by atoms with Gasteiger partial charge in [-0.25, -0.2) is 8.78 Å². The Morgan fingerprint density at radius 2 is 0.950 bits per heavy atom. The lowest BCUT2D eigenvalue weighted by Gasteiger charge is -2.15. The number of benzene rings is 4. The molecule has 0 aliphatic rings. The third kappa shape index (κ3) is 1.29. The Morgan fingerprint density at radius 3 is 1.35 bits per heavy atom. The third-order valence-electron chi connectivity index (χ3n) is 4.21. The van der Waals surface area contributed by atoms with E-state index in [0.717, 1.165) is 32.7 Å². The van der Waals surface area contributed by atoms with Gasteiger partial charge < -0.3 is 0 Å². The lowest BCUT2D eigenvalue weighted by atomic mass is 9.90. The van der Waals surface area contributed by atoms with Gasteiger partial charge in [-0.05, 0) is 47.9 Å². The van der Waals surface area contributed by atoms with Crippen molar-refractivity contribution in [3.8, 4) is 0 Å². The molecular formula is C18H12F2. The van der Waals surface area contributed by atoms with Crippen LogP contribution in [0.1, 0.15) is 11.1 Å². The maximum atomic E-state index is 14.2. The second-order valence-electron chi connectivity index (χ2n) is 5.42. The summed E-state index contributed by atoms with van der Waals surface area (Å²) < 4.78 is 28.4. The largest absolute Gasteiger partial charge is 0.206 e. The highest BCUT2D eigenvalue weighted by atomic mass is 19.1. The molecule has 0 saturated heterocycles. The maximum absolute atomic E-state index is 14.2. The molecular weight excluding hydrogens is 254 g/mol. The van der Waals surface area contributed by atoms with Crippen molar-refractivity contribution in [2.75, 3.05) is 0 Å². The summed E-state index contributed by atoms with van der Waals surface area (Å²) in [5, 5.41) is 4.77. The van der Waals surface area contributed by atoms with Gasteiger partial charge >= 0.3 is 0 Å². The first-order valence-electron chi connectivity index (χ1n) is 6.60. The molecule has 0 aliphatic heterocycles. The van der Waals surface area contributed by atoms with Crippen molar-refractivity contribution >= 4 is 32.3 Å². The van der Waals surface area contributed by atoms with Crippen LogP contribution in [0.25, 0.3) is 32.3 Å². The molecule has 0 nitrogen and oxygen atoms in total. The predicted molar refractivity (Wildman–Crippen MR) is 79.5 cm³/mol. The molecule has 0 radical (unpaired) electrons. The first-order valence-corrected chi connectivity index (χ1v) is 6.60. The molecule has 0 fully saturated rings. The van der Waals surface area contributed by atoms with Crippen LogP contribution in [0.5, 0.6) is 0 Å². The maximum Gasteiger partial charge on any atom is 0.131 e. The van der Waals surface area contributed by atoms with Crippen LogP contribution in [0.4, 0.5) is 8.78 Å². The fraction of sp³-hybridized carbons (Fsp3) is 0.111. The molecule has 0 heterocycles. The van der Waals surface area contributed by atoms with Crippen LogP contribution in [-0.2, 0) is 0 Å². The fourth-order valence-electron chi connectivity index (χ4n) is 3.24. The number of rotatable bonds is 0. The molecule has 0 atom stereocenters. The number of aryl methyl sites for hydroxylation is 2. The van der Waals surface area contributed by atoms with E-state index in [0.29, 0.717) is 10.8 Å². The predicted octanol–water partition coefficient (Wildman–Crippen LogP) is 5.48. The molecule has 0 unspecified atom stereocenters. The van der Waals surface area contributed by atoms with E-state index in [2.05, 4.69) is 0 Å². The Bertz CT molecular complexity index is 830. The van der Waals surface area contributed by atoms with Crippen molar-refractivity contribution in [1.29, 1.82) is 0 Å². The number of hydrogen-bond donors (Lipinski definition) is 0. The quantitative estimate of drug-likeness (QED) is 0.370. The minimum Gasteiger partial charge on any atom is -0.206 e. The van der Waals surface area contributed by atoms with Crippen molar-refractivity contribution in [2.24, 2.45) is 0 Å². The van der Waals surface area contributed by atoms with Gasteiger partial charge in [0.25, 0.3) is 0 Å². The van der Waals surface area contributed by atoms with Crippen molar-refractivity contribution in [2.45, 2.75) is 13.8 Å². The molecule has 2 heteroatoms. The standard InChI is InChI=1S/C18H12F2/c1-9-7-15(19)13-5-6-14-16(20)8-10(2)12-4-3-11(9)17(13)18(12)14/h3-8H,1-2H3. The molecule has 0 saturated carbocycles. The summed E-state index contributed by atoms with van der Waals surface area (Å²) in [5.74, 6) is -0.488. The minimum atomic E-state index is -0.244. The third-order valence-corrected chi connectivity index (χ3v) is 4.21. The van der Waals surface area contributed by atoms with Gasteiger partial charge in [-0.1, -0.05) is 24.3 Å². The summed E-state index contributed by atoms with van der Waals surface area (Å²) in [6.07, 6.45) is 0. The molecule has 20 heavy (non-hydrogen) atoms. The molecule has 0 N–H and O–H groups in total. The van der Waals surface area contributed by atoms with Crippen molar-refractivity contribution in [3.63, 3.8) is 0 Å². The van der Waals surface area contributed by atoms with E-state index in [4.69, 9.17) is 0 Å². The van der Waals surface area contributed by atoms with Gasteiger partial charge in [-0.3, -0.25) is 0 Å². The average Bonchev–Trinajstić information content (AvgIpc) is 2.42. The van der Waals surface area contributed by atoms with Crippen LogP contribution >= 0.6 is 0 Å². The summed E-state index contributed by atoms with van der Waals surface area (Å²) in [7, 11) is 0. The second-order valence-corrected chi connectivity index (χ2v) is 5.42. The lowest BCUT2D eigenvalue weighted by molar-refractivity contribution is 0.637. The number of hydrogen-bond acceptors (Lipinski definition) is 0. The summed E-state index contributed by atoms with van der Waals surface area (Å²) in [5.41, 5.74) is 1.76. The second kappa shape index (κ2) is 3.66. The number of halogens is 2. The van der Waals surface area contributed by atoms with Crippen LogP contribution in [0, 0.1) is 25.5 Å². The van der Waals surface area contributed by atoms with E-state index in [1.54, 1.807) is 24.3 Å².